The molecule has 0 atom stereocenters. The predicted molar refractivity (Wildman–Crippen MR) is 92.8 cm³/mol. The first-order valence-electron chi connectivity index (χ1n) is 8.39. The molecular formula is C16H23N5O3S. The topological polar surface area (TPSA) is 101 Å². The maximum Gasteiger partial charge on any atom is 0.246 e. The van der Waals surface area contributed by atoms with E-state index in [-0.39, 0.29) is 17.2 Å². The van der Waals surface area contributed by atoms with Gasteiger partial charge in [0.1, 0.15) is 22.2 Å². The summed E-state index contributed by atoms with van der Waals surface area (Å²) in [5, 5.41) is 3.69. The number of hydrogen-bond acceptors (Lipinski definition) is 7. The van der Waals surface area contributed by atoms with Crippen LogP contribution in [0, 0.1) is 20.8 Å². The predicted octanol–water partition coefficient (Wildman–Crippen LogP) is 1.86. The van der Waals surface area contributed by atoms with E-state index in [1.54, 1.807) is 13.8 Å². The van der Waals surface area contributed by atoms with Gasteiger partial charge in [-0.3, -0.25) is 0 Å². The highest BCUT2D eigenvalue weighted by atomic mass is 32.2. The van der Waals surface area contributed by atoms with Crippen LogP contribution in [-0.2, 0) is 16.6 Å². The third-order valence-electron chi connectivity index (χ3n) is 4.22. The molecular weight excluding hydrogens is 342 g/mol. The van der Waals surface area contributed by atoms with Gasteiger partial charge in [-0.2, -0.15) is 0 Å². The van der Waals surface area contributed by atoms with Gasteiger partial charge in [0.05, 0.1) is 6.54 Å². The van der Waals surface area contributed by atoms with Crippen molar-refractivity contribution in [2.45, 2.75) is 51.5 Å². The molecule has 3 rings (SSSR count). The van der Waals surface area contributed by atoms with Crippen LogP contribution in [0.2, 0.25) is 0 Å². The SMILES string of the molecule is Cc1cc(N2CCCCC2)nc(CNS(=O)(=O)c2c(C)noc2C)n1. The van der Waals surface area contributed by atoms with E-state index in [1.165, 1.54) is 6.42 Å². The van der Waals surface area contributed by atoms with Crippen molar-refractivity contribution in [3.8, 4) is 0 Å². The van der Waals surface area contributed by atoms with Gasteiger partial charge in [-0.25, -0.2) is 23.1 Å². The summed E-state index contributed by atoms with van der Waals surface area (Å²) in [5.41, 5.74) is 1.16. The molecule has 0 amide bonds. The fraction of sp³-hybridized carbons (Fsp3) is 0.562. The number of nitrogens with zero attached hydrogens (tertiary/aromatic N) is 4. The summed E-state index contributed by atoms with van der Waals surface area (Å²) in [7, 11) is -3.73. The molecule has 0 aliphatic carbocycles. The molecule has 136 valence electrons. The molecule has 8 nitrogen and oxygen atoms in total. The lowest BCUT2D eigenvalue weighted by molar-refractivity contribution is 0.390. The van der Waals surface area contributed by atoms with E-state index in [2.05, 4.69) is 24.7 Å². The second-order valence-corrected chi connectivity index (χ2v) is 8.01. The van der Waals surface area contributed by atoms with Crippen molar-refractivity contribution >= 4 is 15.8 Å². The van der Waals surface area contributed by atoms with Crippen LogP contribution in [0.5, 0.6) is 0 Å². The van der Waals surface area contributed by atoms with Gasteiger partial charge in [-0.15, -0.1) is 0 Å². The van der Waals surface area contributed by atoms with Crippen molar-refractivity contribution in [3.63, 3.8) is 0 Å². The first kappa shape index (κ1) is 17.8. The van der Waals surface area contributed by atoms with Crippen LogP contribution >= 0.6 is 0 Å². The quantitative estimate of drug-likeness (QED) is 0.863. The molecule has 1 aliphatic rings. The average molecular weight is 365 g/mol. The van der Waals surface area contributed by atoms with E-state index in [0.717, 1.165) is 37.4 Å². The molecule has 0 radical (unpaired) electrons. The van der Waals surface area contributed by atoms with Crippen molar-refractivity contribution in [3.05, 3.63) is 29.0 Å². The van der Waals surface area contributed by atoms with Crippen LogP contribution in [0.3, 0.4) is 0 Å². The van der Waals surface area contributed by atoms with Crippen LogP contribution < -0.4 is 9.62 Å². The summed E-state index contributed by atoms with van der Waals surface area (Å²) >= 11 is 0. The van der Waals surface area contributed by atoms with Crippen LogP contribution in [0.4, 0.5) is 5.82 Å². The Bertz CT molecular complexity index is 837. The summed E-state index contributed by atoms with van der Waals surface area (Å²) in [6, 6.07) is 1.94. The zero-order valence-electron chi connectivity index (χ0n) is 14.7. The van der Waals surface area contributed by atoms with Crippen molar-refractivity contribution in [2.75, 3.05) is 18.0 Å². The largest absolute Gasteiger partial charge is 0.360 e. The van der Waals surface area contributed by atoms with Gasteiger partial charge in [0.25, 0.3) is 0 Å². The van der Waals surface area contributed by atoms with Gasteiger partial charge in [-0.05, 0) is 40.0 Å². The van der Waals surface area contributed by atoms with Crippen LogP contribution in [-0.4, -0.2) is 36.6 Å². The zero-order chi connectivity index (χ0) is 18.0. The van der Waals surface area contributed by atoms with Crippen molar-refractivity contribution in [1.29, 1.82) is 0 Å². The maximum absolute atomic E-state index is 12.5. The van der Waals surface area contributed by atoms with E-state index < -0.39 is 10.0 Å². The Kier molecular flexibility index (Phi) is 5.05. The van der Waals surface area contributed by atoms with Crippen LogP contribution in [0.1, 0.15) is 42.2 Å². The highest BCUT2D eigenvalue weighted by Gasteiger charge is 2.24. The first-order chi connectivity index (χ1) is 11.9. The summed E-state index contributed by atoms with van der Waals surface area (Å²) in [6.45, 7) is 7.03. The van der Waals surface area contributed by atoms with Gasteiger partial charge >= 0.3 is 0 Å². The average Bonchev–Trinajstić information content (AvgIpc) is 2.93. The van der Waals surface area contributed by atoms with Gasteiger partial charge in [0.2, 0.25) is 10.0 Å². The molecule has 1 N–H and O–H groups in total. The van der Waals surface area contributed by atoms with E-state index >= 15 is 0 Å². The van der Waals surface area contributed by atoms with E-state index in [4.69, 9.17) is 4.52 Å². The minimum atomic E-state index is -3.73. The molecule has 0 bridgehead atoms. The van der Waals surface area contributed by atoms with Gasteiger partial charge in [0.15, 0.2) is 5.76 Å². The Morgan fingerprint density at radius 1 is 1.16 bits per heavy atom. The smallest absolute Gasteiger partial charge is 0.246 e. The molecule has 0 aromatic carbocycles. The van der Waals surface area contributed by atoms with E-state index in [9.17, 15) is 8.42 Å². The summed E-state index contributed by atoms with van der Waals surface area (Å²) in [5.74, 6) is 1.58. The minimum absolute atomic E-state index is 0.0227. The van der Waals surface area contributed by atoms with Gasteiger partial charge in [-0.1, -0.05) is 5.16 Å². The summed E-state index contributed by atoms with van der Waals surface area (Å²) < 4.78 is 32.5. The Balaban J connectivity index is 1.78. The number of anilines is 1. The molecule has 25 heavy (non-hydrogen) atoms. The Morgan fingerprint density at radius 3 is 2.52 bits per heavy atom. The molecule has 1 saturated heterocycles. The number of rotatable bonds is 5. The molecule has 1 aliphatic heterocycles. The number of piperidine rings is 1. The van der Waals surface area contributed by atoms with Crippen LogP contribution in [0.25, 0.3) is 0 Å². The number of aromatic nitrogens is 3. The molecule has 0 unspecified atom stereocenters. The number of aryl methyl sites for hydroxylation is 3. The Morgan fingerprint density at radius 2 is 1.88 bits per heavy atom. The maximum atomic E-state index is 12.5. The lowest BCUT2D eigenvalue weighted by atomic mass is 10.1. The monoisotopic (exact) mass is 365 g/mol. The molecule has 9 heteroatoms. The fourth-order valence-corrected chi connectivity index (χ4v) is 4.37. The summed E-state index contributed by atoms with van der Waals surface area (Å²) in [4.78, 5) is 11.2. The second kappa shape index (κ2) is 7.09. The molecule has 2 aromatic rings. The highest BCUT2D eigenvalue weighted by molar-refractivity contribution is 7.89. The standard InChI is InChI=1S/C16H23N5O3S/c1-11-9-15(21-7-5-4-6-8-21)19-14(18-11)10-17-25(22,23)16-12(2)20-24-13(16)3/h9,17H,4-8,10H2,1-3H3. The number of sulfonamides is 1. The normalized spacial score (nSPS) is 15.6. The van der Waals surface area contributed by atoms with Crippen molar-refractivity contribution < 1.29 is 12.9 Å². The highest BCUT2D eigenvalue weighted by Crippen LogP contribution is 2.20. The van der Waals surface area contributed by atoms with Gasteiger partial charge < -0.3 is 9.42 Å². The zero-order valence-corrected chi connectivity index (χ0v) is 15.6. The Labute approximate surface area is 147 Å². The number of nitrogens with one attached hydrogen (secondary N) is 1. The van der Waals surface area contributed by atoms with E-state index in [1.807, 2.05) is 13.0 Å². The molecule has 0 saturated carbocycles. The lowest BCUT2D eigenvalue weighted by Gasteiger charge is -2.28. The lowest BCUT2D eigenvalue weighted by Crippen LogP contribution is -2.31. The summed E-state index contributed by atoms with van der Waals surface area (Å²) in [6.07, 6.45) is 3.54. The van der Waals surface area contributed by atoms with Crippen molar-refractivity contribution in [1.82, 2.24) is 19.8 Å². The fourth-order valence-electron chi connectivity index (χ4n) is 3.07. The number of hydrogen-bond donors (Lipinski definition) is 1. The third kappa shape index (κ3) is 3.98. The van der Waals surface area contributed by atoms with Crippen molar-refractivity contribution in [2.24, 2.45) is 0 Å². The molecule has 2 aromatic heterocycles. The Hall–Kier alpha value is -2.00. The second-order valence-electron chi connectivity index (χ2n) is 6.31. The van der Waals surface area contributed by atoms with Crippen LogP contribution in [0.15, 0.2) is 15.5 Å². The van der Waals surface area contributed by atoms with Gasteiger partial charge in [0, 0.05) is 24.8 Å². The minimum Gasteiger partial charge on any atom is -0.360 e. The molecule has 3 heterocycles. The van der Waals surface area contributed by atoms with E-state index in [0.29, 0.717) is 11.5 Å². The molecule has 0 spiro atoms. The molecule has 1 fully saturated rings. The first-order valence-corrected chi connectivity index (χ1v) is 9.87. The third-order valence-corrected chi connectivity index (χ3v) is 5.87.